The molecule has 1 saturated heterocycles. The van der Waals surface area contributed by atoms with Gasteiger partial charge in [-0.2, -0.15) is 4.98 Å². The molecule has 2 rings (SSSR count). The quantitative estimate of drug-likeness (QED) is 0.923. The van der Waals surface area contributed by atoms with Crippen LogP contribution in [-0.2, 0) is 0 Å². The van der Waals surface area contributed by atoms with Gasteiger partial charge in [0.1, 0.15) is 0 Å². The van der Waals surface area contributed by atoms with Crippen LogP contribution in [-0.4, -0.2) is 45.8 Å². The minimum atomic E-state index is 0.104. The molecule has 1 aliphatic rings. The zero-order chi connectivity index (χ0) is 13.0. The monoisotopic (exact) mass is 289 g/mol. The lowest BCUT2D eigenvalue weighted by Crippen LogP contribution is -2.41. The van der Waals surface area contributed by atoms with Crippen molar-refractivity contribution >= 4 is 29.0 Å². The third-order valence-electron chi connectivity index (χ3n) is 3.20. The second-order valence-corrected chi connectivity index (χ2v) is 5.24. The van der Waals surface area contributed by atoms with E-state index in [1.807, 2.05) is 0 Å². The Bertz CT molecular complexity index is 395. The molecule has 0 bridgehead atoms. The van der Waals surface area contributed by atoms with E-state index in [2.05, 4.69) is 32.3 Å². The molecule has 1 atom stereocenters. The van der Waals surface area contributed by atoms with E-state index in [0.717, 1.165) is 6.54 Å². The fourth-order valence-electron chi connectivity index (χ4n) is 2.14. The highest BCUT2D eigenvalue weighted by molar-refractivity contribution is 6.32. The smallest absolute Gasteiger partial charge is 0.245 e. The number of hydrogen-bond donors (Lipinski definition) is 1. The maximum atomic E-state index is 5.89. The van der Waals surface area contributed by atoms with E-state index in [1.165, 1.54) is 32.4 Å². The Labute approximate surface area is 117 Å². The van der Waals surface area contributed by atoms with Crippen molar-refractivity contribution in [3.8, 4) is 0 Å². The van der Waals surface area contributed by atoms with E-state index in [9.17, 15) is 0 Å². The van der Waals surface area contributed by atoms with Crippen LogP contribution >= 0.6 is 23.2 Å². The van der Waals surface area contributed by atoms with E-state index in [1.54, 1.807) is 0 Å². The zero-order valence-electron chi connectivity index (χ0n) is 10.4. The SMILES string of the molecule is CC(CNc1nc(Cl)nnc1Cl)N1CCCCC1. The fraction of sp³-hybridized carbons (Fsp3) is 0.727. The van der Waals surface area contributed by atoms with Crippen LogP contribution in [0, 0.1) is 0 Å². The molecule has 1 aromatic heterocycles. The van der Waals surface area contributed by atoms with Crippen LogP contribution in [0.25, 0.3) is 0 Å². The minimum absolute atomic E-state index is 0.104. The van der Waals surface area contributed by atoms with Crippen molar-refractivity contribution in [1.29, 1.82) is 0 Å². The molecule has 0 saturated carbocycles. The lowest BCUT2D eigenvalue weighted by atomic mass is 10.1. The largest absolute Gasteiger partial charge is 0.366 e. The lowest BCUT2D eigenvalue weighted by Gasteiger charge is -2.32. The molecular weight excluding hydrogens is 273 g/mol. The molecule has 2 heterocycles. The van der Waals surface area contributed by atoms with Gasteiger partial charge >= 0.3 is 0 Å². The van der Waals surface area contributed by atoms with E-state index in [0.29, 0.717) is 11.9 Å². The normalized spacial score (nSPS) is 18.6. The molecule has 0 spiro atoms. The van der Waals surface area contributed by atoms with Crippen LogP contribution in [0.4, 0.5) is 5.82 Å². The van der Waals surface area contributed by atoms with E-state index < -0.39 is 0 Å². The second-order valence-electron chi connectivity index (χ2n) is 4.55. The number of nitrogens with one attached hydrogen (secondary N) is 1. The van der Waals surface area contributed by atoms with Crippen molar-refractivity contribution in [2.45, 2.75) is 32.2 Å². The van der Waals surface area contributed by atoms with Gasteiger partial charge in [0.2, 0.25) is 5.28 Å². The summed E-state index contributed by atoms with van der Waals surface area (Å²) in [6, 6.07) is 0.440. The molecule has 1 N–H and O–H groups in total. The summed E-state index contributed by atoms with van der Waals surface area (Å²) < 4.78 is 0. The molecule has 1 aliphatic heterocycles. The molecule has 1 unspecified atom stereocenters. The Morgan fingerprint density at radius 1 is 1.22 bits per heavy atom. The zero-order valence-corrected chi connectivity index (χ0v) is 11.9. The van der Waals surface area contributed by atoms with E-state index >= 15 is 0 Å². The lowest BCUT2D eigenvalue weighted by molar-refractivity contribution is 0.180. The summed E-state index contributed by atoms with van der Waals surface area (Å²) in [4.78, 5) is 6.49. The molecule has 5 nitrogen and oxygen atoms in total. The molecular formula is C11H17Cl2N5. The van der Waals surface area contributed by atoms with Gasteiger partial charge < -0.3 is 5.32 Å². The van der Waals surface area contributed by atoms with Crippen molar-refractivity contribution in [3.63, 3.8) is 0 Å². The Morgan fingerprint density at radius 2 is 1.94 bits per heavy atom. The number of anilines is 1. The first-order valence-corrected chi connectivity index (χ1v) is 6.96. The van der Waals surface area contributed by atoms with Gasteiger partial charge in [0.15, 0.2) is 11.0 Å². The number of rotatable bonds is 4. The van der Waals surface area contributed by atoms with Crippen LogP contribution in [0.15, 0.2) is 0 Å². The number of aromatic nitrogens is 3. The van der Waals surface area contributed by atoms with Gasteiger partial charge in [-0.25, -0.2) is 0 Å². The maximum Gasteiger partial charge on any atom is 0.245 e. The van der Waals surface area contributed by atoms with E-state index in [4.69, 9.17) is 23.2 Å². The highest BCUT2D eigenvalue weighted by atomic mass is 35.5. The van der Waals surface area contributed by atoms with Crippen molar-refractivity contribution in [1.82, 2.24) is 20.1 Å². The topological polar surface area (TPSA) is 53.9 Å². The van der Waals surface area contributed by atoms with Gasteiger partial charge in [-0.1, -0.05) is 18.0 Å². The molecule has 1 aromatic rings. The van der Waals surface area contributed by atoms with Gasteiger partial charge in [-0.3, -0.25) is 4.90 Å². The molecule has 18 heavy (non-hydrogen) atoms. The molecule has 0 amide bonds. The van der Waals surface area contributed by atoms with Crippen molar-refractivity contribution < 1.29 is 0 Å². The average molecular weight is 290 g/mol. The van der Waals surface area contributed by atoms with Crippen molar-refractivity contribution in [2.24, 2.45) is 0 Å². The third kappa shape index (κ3) is 3.67. The summed E-state index contributed by atoms with van der Waals surface area (Å²) in [6.45, 7) is 5.30. The molecule has 7 heteroatoms. The Balaban J connectivity index is 1.88. The van der Waals surface area contributed by atoms with Gasteiger partial charge in [-0.15, -0.1) is 10.2 Å². The number of halogens is 2. The average Bonchev–Trinajstić information content (AvgIpc) is 2.40. The maximum absolute atomic E-state index is 5.89. The first kappa shape index (κ1) is 13.8. The summed E-state index contributed by atoms with van der Waals surface area (Å²) in [5.41, 5.74) is 0. The summed E-state index contributed by atoms with van der Waals surface area (Å²) in [6.07, 6.45) is 3.91. The van der Waals surface area contributed by atoms with Crippen molar-refractivity contribution in [2.75, 3.05) is 25.0 Å². The molecule has 0 radical (unpaired) electrons. The molecule has 100 valence electrons. The summed E-state index contributed by atoms with van der Waals surface area (Å²) in [7, 11) is 0. The van der Waals surface area contributed by atoms with Gasteiger partial charge in [-0.05, 0) is 44.5 Å². The number of piperidine rings is 1. The van der Waals surface area contributed by atoms with Crippen LogP contribution < -0.4 is 5.32 Å². The number of hydrogen-bond acceptors (Lipinski definition) is 5. The summed E-state index contributed by atoms with van der Waals surface area (Å²) in [5.74, 6) is 0.500. The highest BCUT2D eigenvalue weighted by Crippen LogP contribution is 2.17. The first-order chi connectivity index (χ1) is 8.66. The second kappa shape index (κ2) is 6.50. The minimum Gasteiger partial charge on any atom is -0.366 e. The van der Waals surface area contributed by atoms with Crippen LogP contribution in [0.2, 0.25) is 10.4 Å². The number of nitrogens with zero attached hydrogens (tertiary/aromatic N) is 4. The first-order valence-electron chi connectivity index (χ1n) is 6.20. The third-order valence-corrected chi connectivity index (χ3v) is 3.61. The van der Waals surface area contributed by atoms with Gasteiger partial charge in [0, 0.05) is 12.6 Å². The van der Waals surface area contributed by atoms with Crippen molar-refractivity contribution in [3.05, 3.63) is 10.4 Å². The molecule has 0 aliphatic carbocycles. The number of likely N-dealkylation sites (tertiary alicyclic amines) is 1. The van der Waals surface area contributed by atoms with Gasteiger partial charge in [0.25, 0.3) is 0 Å². The Morgan fingerprint density at radius 3 is 2.67 bits per heavy atom. The Hall–Kier alpha value is -0.650. The van der Waals surface area contributed by atoms with E-state index in [-0.39, 0.29) is 10.4 Å². The fourth-order valence-corrected chi connectivity index (χ4v) is 2.41. The predicted octanol–water partition coefficient (Wildman–Crippen LogP) is 2.46. The summed E-state index contributed by atoms with van der Waals surface area (Å²) in [5, 5.41) is 10.8. The van der Waals surface area contributed by atoms with Crippen LogP contribution in [0.5, 0.6) is 0 Å². The standard InChI is InChI=1S/C11H17Cl2N5/c1-8(18-5-3-2-4-6-18)7-14-10-9(12)16-17-11(13)15-10/h8H,2-7H2,1H3,(H,14,15,17). The molecule has 0 aromatic carbocycles. The molecule has 1 fully saturated rings. The Kier molecular flexibility index (Phi) is 4.97. The van der Waals surface area contributed by atoms with Crippen LogP contribution in [0.1, 0.15) is 26.2 Å². The van der Waals surface area contributed by atoms with Crippen LogP contribution in [0.3, 0.4) is 0 Å². The summed E-state index contributed by atoms with van der Waals surface area (Å²) >= 11 is 11.6. The highest BCUT2D eigenvalue weighted by Gasteiger charge is 2.17. The van der Waals surface area contributed by atoms with Gasteiger partial charge in [0.05, 0.1) is 0 Å². The predicted molar refractivity (Wildman–Crippen MR) is 73.2 cm³/mol.